The molecule has 5 nitrogen and oxygen atoms in total. The Morgan fingerprint density at radius 3 is 1.96 bits per heavy atom. The SMILES string of the molecule is C[C@]1(CP(=O)(c2ccccc2)c2ccccc2)O[C@H]1COS(C)(=O)=O. The van der Waals surface area contributed by atoms with Crippen LogP contribution < -0.4 is 10.6 Å². The highest BCUT2D eigenvalue weighted by atomic mass is 32.2. The molecule has 1 saturated heterocycles. The molecule has 0 bridgehead atoms. The van der Waals surface area contributed by atoms with Gasteiger partial charge in [-0.1, -0.05) is 60.7 Å². The van der Waals surface area contributed by atoms with Crippen LogP contribution in [0.25, 0.3) is 0 Å². The van der Waals surface area contributed by atoms with Crippen LogP contribution in [0.3, 0.4) is 0 Å². The zero-order valence-corrected chi connectivity index (χ0v) is 15.9. The summed E-state index contributed by atoms with van der Waals surface area (Å²) >= 11 is 0. The van der Waals surface area contributed by atoms with Crippen LogP contribution in [0.5, 0.6) is 0 Å². The lowest BCUT2D eigenvalue weighted by molar-refractivity contribution is 0.259. The van der Waals surface area contributed by atoms with E-state index in [-0.39, 0.29) is 12.7 Å². The summed E-state index contributed by atoms with van der Waals surface area (Å²) in [5.41, 5.74) is -0.675. The van der Waals surface area contributed by atoms with Gasteiger partial charge < -0.3 is 9.30 Å². The third-order valence-electron chi connectivity index (χ3n) is 4.35. The molecule has 25 heavy (non-hydrogen) atoms. The fourth-order valence-corrected chi connectivity index (χ4v) is 6.44. The minimum absolute atomic E-state index is 0.0566. The number of ether oxygens (including phenoxy) is 1. The number of benzene rings is 2. The minimum Gasteiger partial charge on any atom is -0.363 e. The number of epoxide rings is 1. The van der Waals surface area contributed by atoms with E-state index in [0.29, 0.717) is 6.16 Å². The zero-order valence-electron chi connectivity index (χ0n) is 14.2. The fraction of sp³-hybridized carbons (Fsp3) is 0.333. The Morgan fingerprint density at radius 2 is 1.52 bits per heavy atom. The highest BCUT2D eigenvalue weighted by Crippen LogP contribution is 2.52. The van der Waals surface area contributed by atoms with Crippen molar-refractivity contribution in [2.75, 3.05) is 19.0 Å². The molecule has 1 aliphatic rings. The molecular weight excluding hydrogens is 359 g/mol. The molecule has 2 aromatic carbocycles. The van der Waals surface area contributed by atoms with Crippen molar-refractivity contribution in [3.8, 4) is 0 Å². The van der Waals surface area contributed by atoms with Crippen LogP contribution in [0.4, 0.5) is 0 Å². The predicted molar refractivity (Wildman–Crippen MR) is 98.7 cm³/mol. The first-order chi connectivity index (χ1) is 11.7. The van der Waals surface area contributed by atoms with Crippen molar-refractivity contribution in [1.29, 1.82) is 0 Å². The summed E-state index contributed by atoms with van der Waals surface area (Å²) < 4.78 is 46.8. The Hall–Kier alpha value is -1.46. The Labute approximate surface area is 148 Å². The van der Waals surface area contributed by atoms with E-state index in [4.69, 9.17) is 8.92 Å². The molecule has 3 rings (SSSR count). The van der Waals surface area contributed by atoms with E-state index >= 15 is 0 Å². The second-order valence-electron chi connectivity index (χ2n) is 6.48. The second-order valence-corrected chi connectivity index (χ2v) is 10.9. The average molecular weight is 380 g/mol. The first-order valence-electron chi connectivity index (χ1n) is 7.95. The van der Waals surface area contributed by atoms with E-state index in [0.717, 1.165) is 16.9 Å². The van der Waals surface area contributed by atoms with Crippen LogP contribution in [0.2, 0.25) is 0 Å². The van der Waals surface area contributed by atoms with Gasteiger partial charge >= 0.3 is 0 Å². The maximum absolute atomic E-state index is 14.0. The van der Waals surface area contributed by atoms with E-state index in [1.807, 2.05) is 67.6 Å². The molecule has 1 aliphatic heterocycles. The Balaban J connectivity index is 1.87. The van der Waals surface area contributed by atoms with Crippen molar-refractivity contribution >= 4 is 27.9 Å². The topological polar surface area (TPSA) is 73.0 Å². The van der Waals surface area contributed by atoms with Crippen molar-refractivity contribution in [2.45, 2.75) is 18.6 Å². The highest BCUT2D eigenvalue weighted by Gasteiger charge is 2.56. The van der Waals surface area contributed by atoms with Gasteiger partial charge in [0.2, 0.25) is 0 Å². The quantitative estimate of drug-likeness (QED) is 0.418. The standard InChI is InChI=1S/C18H21O5PS/c1-18(17(23-18)13-22-25(2,20)21)14-24(19,15-9-5-3-6-10-15)16-11-7-4-8-12-16/h3-12,17H,13-14H2,1-2H3/t17-,18+/m0/s1. The van der Waals surface area contributed by atoms with Crippen molar-refractivity contribution in [3.05, 3.63) is 60.7 Å². The molecule has 0 radical (unpaired) electrons. The molecule has 7 heteroatoms. The van der Waals surface area contributed by atoms with Crippen LogP contribution in [0.1, 0.15) is 6.92 Å². The Bertz CT molecular complexity index is 839. The molecule has 1 fully saturated rings. The highest BCUT2D eigenvalue weighted by molar-refractivity contribution is 7.86. The summed E-state index contributed by atoms with van der Waals surface area (Å²) in [5.74, 6) is 0. The molecule has 1 heterocycles. The van der Waals surface area contributed by atoms with Crippen LogP contribution in [-0.2, 0) is 23.6 Å². The Kier molecular flexibility index (Phi) is 4.91. The lowest BCUT2D eigenvalue weighted by Crippen LogP contribution is -2.28. The maximum atomic E-state index is 14.0. The van der Waals surface area contributed by atoms with E-state index < -0.39 is 22.9 Å². The molecule has 0 unspecified atom stereocenters. The van der Waals surface area contributed by atoms with Crippen LogP contribution in [0.15, 0.2) is 60.7 Å². The van der Waals surface area contributed by atoms with Gasteiger partial charge in [0.25, 0.3) is 10.1 Å². The molecule has 2 atom stereocenters. The van der Waals surface area contributed by atoms with Gasteiger partial charge in [-0.25, -0.2) is 0 Å². The lowest BCUT2D eigenvalue weighted by Gasteiger charge is -2.21. The van der Waals surface area contributed by atoms with Crippen LogP contribution >= 0.6 is 7.14 Å². The van der Waals surface area contributed by atoms with E-state index in [2.05, 4.69) is 0 Å². The minimum atomic E-state index is -3.53. The molecule has 0 aromatic heterocycles. The molecule has 0 aliphatic carbocycles. The normalized spacial score (nSPS) is 23.4. The largest absolute Gasteiger partial charge is 0.363 e. The fourth-order valence-electron chi connectivity index (χ4n) is 2.94. The lowest BCUT2D eigenvalue weighted by atomic mass is 10.1. The Morgan fingerprint density at radius 1 is 1.04 bits per heavy atom. The summed E-state index contributed by atoms with van der Waals surface area (Å²) in [6.07, 6.45) is 0.917. The number of hydrogen-bond donors (Lipinski definition) is 0. The van der Waals surface area contributed by atoms with E-state index in [1.165, 1.54) is 0 Å². The van der Waals surface area contributed by atoms with Crippen LogP contribution in [-0.4, -0.2) is 39.1 Å². The van der Waals surface area contributed by atoms with Crippen LogP contribution in [0, 0.1) is 0 Å². The molecule has 2 aromatic rings. The van der Waals surface area contributed by atoms with Crippen molar-refractivity contribution in [2.24, 2.45) is 0 Å². The van der Waals surface area contributed by atoms with Crippen molar-refractivity contribution in [1.82, 2.24) is 0 Å². The molecule has 0 amide bonds. The summed E-state index contributed by atoms with van der Waals surface area (Å²) in [6.45, 7) is 1.79. The van der Waals surface area contributed by atoms with Gasteiger partial charge in [0.05, 0.1) is 12.9 Å². The van der Waals surface area contributed by atoms with Gasteiger partial charge in [-0.2, -0.15) is 8.42 Å². The number of rotatable bonds is 7. The van der Waals surface area contributed by atoms with Gasteiger partial charge in [-0.05, 0) is 6.92 Å². The maximum Gasteiger partial charge on any atom is 0.264 e. The smallest absolute Gasteiger partial charge is 0.264 e. The van der Waals surface area contributed by atoms with Crippen molar-refractivity contribution < 1.29 is 21.9 Å². The van der Waals surface area contributed by atoms with E-state index in [9.17, 15) is 13.0 Å². The monoisotopic (exact) mass is 380 g/mol. The zero-order chi connectivity index (χ0) is 18.1. The molecule has 134 valence electrons. The predicted octanol–water partition coefficient (Wildman–Crippen LogP) is 2.13. The summed E-state index contributed by atoms with van der Waals surface area (Å²) in [5, 5.41) is 1.53. The third kappa shape index (κ3) is 4.21. The molecule has 0 saturated carbocycles. The first kappa shape index (κ1) is 18.3. The summed E-state index contributed by atoms with van der Waals surface area (Å²) in [4.78, 5) is 0. The summed E-state index contributed by atoms with van der Waals surface area (Å²) in [7, 11) is -6.44. The van der Waals surface area contributed by atoms with E-state index in [1.54, 1.807) is 0 Å². The molecule has 0 spiro atoms. The average Bonchev–Trinajstić information content (AvgIpc) is 3.23. The summed E-state index contributed by atoms with van der Waals surface area (Å²) in [6, 6.07) is 18.7. The first-order valence-corrected chi connectivity index (χ1v) is 11.7. The van der Waals surface area contributed by atoms with Gasteiger partial charge in [0, 0.05) is 16.8 Å². The molecule has 0 N–H and O–H groups in total. The number of hydrogen-bond acceptors (Lipinski definition) is 5. The molecular formula is C18H21O5PS. The van der Waals surface area contributed by atoms with Gasteiger partial charge in [0.1, 0.15) is 18.8 Å². The van der Waals surface area contributed by atoms with Crippen molar-refractivity contribution in [3.63, 3.8) is 0 Å². The third-order valence-corrected chi connectivity index (χ3v) is 8.25. The van der Waals surface area contributed by atoms with Gasteiger partial charge in [0.15, 0.2) is 0 Å². The van der Waals surface area contributed by atoms with Gasteiger partial charge in [-0.3, -0.25) is 4.18 Å². The second kappa shape index (κ2) is 6.69. The van der Waals surface area contributed by atoms with Gasteiger partial charge in [-0.15, -0.1) is 0 Å².